The van der Waals surface area contributed by atoms with Gasteiger partial charge in [0.1, 0.15) is 11.6 Å². The molecular weight excluding hydrogens is 368 g/mol. The number of nitrogens with one attached hydrogen (secondary N) is 1. The topological polar surface area (TPSA) is 29.1 Å². The van der Waals surface area contributed by atoms with E-state index in [9.17, 15) is 13.6 Å². The van der Waals surface area contributed by atoms with Crippen LogP contribution in [0.5, 0.6) is 0 Å². The number of anilines is 1. The molecule has 2 bridgehead atoms. The van der Waals surface area contributed by atoms with Crippen molar-refractivity contribution in [3.05, 3.63) is 63.7 Å². The van der Waals surface area contributed by atoms with Crippen molar-refractivity contribution >= 4 is 11.6 Å². The van der Waals surface area contributed by atoms with Gasteiger partial charge < -0.3 is 5.32 Å². The first-order chi connectivity index (χ1) is 13.8. The van der Waals surface area contributed by atoms with E-state index in [4.69, 9.17) is 0 Å². The minimum absolute atomic E-state index is 0.0360. The molecule has 0 aromatic heterocycles. The van der Waals surface area contributed by atoms with E-state index >= 15 is 0 Å². The summed E-state index contributed by atoms with van der Waals surface area (Å²) in [6.07, 6.45) is 6.72. The van der Waals surface area contributed by atoms with Gasteiger partial charge in [-0.1, -0.05) is 12.1 Å². The summed E-state index contributed by atoms with van der Waals surface area (Å²) >= 11 is 0. The van der Waals surface area contributed by atoms with E-state index in [0.29, 0.717) is 12.0 Å². The molecule has 0 radical (unpaired) electrons. The maximum atomic E-state index is 14.3. The van der Waals surface area contributed by atoms with Crippen LogP contribution >= 0.6 is 0 Å². The van der Waals surface area contributed by atoms with Gasteiger partial charge in [-0.05, 0) is 104 Å². The van der Waals surface area contributed by atoms with Gasteiger partial charge in [-0.2, -0.15) is 0 Å². The Labute approximate surface area is 170 Å². The molecule has 0 aliphatic heterocycles. The van der Waals surface area contributed by atoms with E-state index in [-0.39, 0.29) is 17.2 Å². The molecule has 4 aliphatic carbocycles. The third-order valence-corrected chi connectivity index (χ3v) is 7.58. The summed E-state index contributed by atoms with van der Waals surface area (Å²) in [5.74, 6) is 0.0251. The predicted octanol–water partition coefficient (Wildman–Crippen LogP) is 5.98. The Morgan fingerprint density at radius 3 is 2.59 bits per heavy atom. The molecule has 3 fully saturated rings. The normalized spacial score (nSPS) is 26.9. The van der Waals surface area contributed by atoms with Crippen LogP contribution in [0.3, 0.4) is 0 Å². The van der Waals surface area contributed by atoms with E-state index in [1.165, 1.54) is 36.5 Å². The largest absolute Gasteiger partial charge is 0.326 e. The third kappa shape index (κ3) is 3.17. The minimum Gasteiger partial charge on any atom is -0.326 e. The van der Waals surface area contributed by atoms with Crippen molar-refractivity contribution in [1.29, 1.82) is 0 Å². The van der Waals surface area contributed by atoms with Gasteiger partial charge in [-0.15, -0.1) is 0 Å². The van der Waals surface area contributed by atoms with Gasteiger partial charge in [0.15, 0.2) is 0 Å². The Balaban J connectivity index is 1.39. The first kappa shape index (κ1) is 18.8. The second-order valence-corrected chi connectivity index (χ2v) is 9.64. The molecule has 2 aromatic carbocycles. The van der Waals surface area contributed by atoms with Gasteiger partial charge >= 0.3 is 0 Å². The second kappa shape index (κ2) is 6.65. The molecule has 1 amide bonds. The van der Waals surface area contributed by atoms with Crippen LogP contribution in [0.2, 0.25) is 0 Å². The van der Waals surface area contributed by atoms with Crippen LogP contribution in [0.4, 0.5) is 14.5 Å². The summed E-state index contributed by atoms with van der Waals surface area (Å²) in [6, 6.07) is 6.07. The van der Waals surface area contributed by atoms with Gasteiger partial charge in [0, 0.05) is 18.2 Å². The average molecular weight is 395 g/mol. The second-order valence-electron chi connectivity index (χ2n) is 9.64. The van der Waals surface area contributed by atoms with Crippen molar-refractivity contribution in [3.63, 3.8) is 0 Å². The van der Waals surface area contributed by atoms with Crippen molar-refractivity contribution in [2.45, 2.75) is 64.7 Å². The number of aryl methyl sites for hydroxylation is 2. The number of carbonyl (C=O) groups excluding carboxylic acids is 1. The molecule has 2 aromatic rings. The summed E-state index contributed by atoms with van der Waals surface area (Å²) in [6.45, 7) is 4.11. The summed E-state index contributed by atoms with van der Waals surface area (Å²) in [4.78, 5) is 12.7. The van der Waals surface area contributed by atoms with Crippen molar-refractivity contribution in [1.82, 2.24) is 0 Å². The van der Waals surface area contributed by atoms with Crippen LogP contribution in [0.15, 0.2) is 24.3 Å². The smallest absolute Gasteiger partial charge is 0.224 e. The van der Waals surface area contributed by atoms with Crippen LogP contribution in [0, 0.1) is 36.8 Å². The van der Waals surface area contributed by atoms with Gasteiger partial charge in [0.05, 0.1) is 0 Å². The Morgan fingerprint density at radius 2 is 1.93 bits per heavy atom. The fourth-order valence-corrected chi connectivity index (χ4v) is 5.98. The lowest BCUT2D eigenvalue weighted by atomic mass is 9.43. The highest BCUT2D eigenvalue weighted by Gasteiger charge is 2.56. The lowest BCUT2D eigenvalue weighted by Crippen LogP contribution is -2.53. The Kier molecular flexibility index (Phi) is 4.30. The third-order valence-electron chi connectivity index (χ3n) is 7.58. The van der Waals surface area contributed by atoms with Crippen molar-refractivity contribution < 1.29 is 13.6 Å². The van der Waals surface area contributed by atoms with E-state index < -0.39 is 11.6 Å². The molecule has 1 unspecified atom stereocenters. The van der Waals surface area contributed by atoms with E-state index in [0.717, 1.165) is 48.1 Å². The fourth-order valence-electron chi connectivity index (χ4n) is 5.98. The van der Waals surface area contributed by atoms with Crippen molar-refractivity contribution in [3.8, 4) is 0 Å². The average Bonchev–Trinajstić information content (AvgIpc) is 2.61. The molecule has 29 heavy (non-hydrogen) atoms. The van der Waals surface area contributed by atoms with Crippen molar-refractivity contribution in [2.24, 2.45) is 11.3 Å². The number of benzene rings is 2. The molecule has 152 valence electrons. The maximum Gasteiger partial charge on any atom is 0.224 e. The van der Waals surface area contributed by atoms with Gasteiger partial charge in [-0.3, -0.25) is 4.79 Å². The minimum atomic E-state index is -0.539. The number of halogens is 2. The summed E-state index contributed by atoms with van der Waals surface area (Å²) in [7, 11) is 0. The van der Waals surface area contributed by atoms with Crippen molar-refractivity contribution in [2.75, 3.05) is 5.32 Å². The number of amides is 1. The number of carbonyl (C=O) groups is 1. The molecule has 4 aliphatic rings. The monoisotopic (exact) mass is 395 g/mol. The number of hydrogen-bond donors (Lipinski definition) is 1. The number of rotatable bonds is 4. The maximum absolute atomic E-state index is 14.3. The first-order valence-electron chi connectivity index (χ1n) is 10.7. The summed E-state index contributed by atoms with van der Waals surface area (Å²) < 4.78 is 27.6. The molecule has 3 saturated carbocycles. The Bertz CT molecular complexity index is 995. The van der Waals surface area contributed by atoms with Gasteiger partial charge in [0.25, 0.3) is 0 Å². The number of hydrogen-bond acceptors (Lipinski definition) is 1. The zero-order valence-electron chi connectivity index (χ0n) is 17.1. The first-order valence-corrected chi connectivity index (χ1v) is 10.7. The summed E-state index contributed by atoms with van der Waals surface area (Å²) in [5, 5.41) is 3.19. The van der Waals surface area contributed by atoms with Crippen LogP contribution < -0.4 is 5.32 Å². The van der Waals surface area contributed by atoms with Crippen LogP contribution in [0.25, 0.3) is 0 Å². The van der Waals surface area contributed by atoms with Gasteiger partial charge in [-0.25, -0.2) is 8.78 Å². The summed E-state index contributed by atoms with van der Waals surface area (Å²) in [5.41, 5.74) is 6.48. The van der Waals surface area contributed by atoms with E-state index in [2.05, 4.69) is 25.2 Å². The zero-order valence-corrected chi connectivity index (χ0v) is 17.1. The van der Waals surface area contributed by atoms with Crippen LogP contribution in [-0.4, -0.2) is 5.91 Å². The van der Waals surface area contributed by atoms with Crippen LogP contribution in [0.1, 0.15) is 65.8 Å². The van der Waals surface area contributed by atoms with Crippen LogP contribution in [-0.2, 0) is 17.6 Å². The standard InChI is InChI=1S/C25H27F2NO/c1-14-7-17-3-4-18(20-6-5-19(26)9-22(20)27)8-21(17)15(2)24(14)28-23(29)13-25-10-16(11-25)12-25/h5-7,9,16,18H,3-4,8,10-13H2,1-2H3,(H,28,29). The molecule has 2 nitrogen and oxygen atoms in total. The molecule has 1 atom stereocenters. The molecule has 6 rings (SSSR count). The lowest BCUT2D eigenvalue weighted by molar-refractivity contribution is -0.139. The molecular formula is C25H27F2NO. The SMILES string of the molecule is Cc1cc2c(c(C)c1NC(=O)CC13CC(C1)C3)CC(c1ccc(F)cc1F)CC2. The zero-order chi connectivity index (χ0) is 20.3. The fraction of sp³-hybridized carbons (Fsp3) is 0.480. The Morgan fingerprint density at radius 1 is 1.17 bits per heavy atom. The quantitative estimate of drug-likeness (QED) is 0.678. The molecule has 0 saturated heterocycles. The highest BCUT2D eigenvalue weighted by Crippen LogP contribution is 2.66. The molecule has 1 N–H and O–H groups in total. The molecule has 0 heterocycles. The Hall–Kier alpha value is -2.23. The lowest BCUT2D eigenvalue weighted by Gasteiger charge is -2.61. The molecule has 4 heteroatoms. The molecule has 0 spiro atoms. The van der Waals surface area contributed by atoms with E-state index in [1.807, 2.05) is 0 Å². The van der Waals surface area contributed by atoms with E-state index in [1.54, 1.807) is 6.07 Å². The predicted molar refractivity (Wildman–Crippen MR) is 110 cm³/mol. The highest BCUT2D eigenvalue weighted by atomic mass is 19.1. The number of fused-ring (bicyclic) bond motifs is 1. The highest BCUT2D eigenvalue weighted by molar-refractivity contribution is 5.93. The van der Waals surface area contributed by atoms with Gasteiger partial charge in [0.2, 0.25) is 5.91 Å².